The number of thiazole rings is 1. The number of aryl methyl sites for hydroxylation is 1. The second-order valence-corrected chi connectivity index (χ2v) is 10.8. The smallest absolute Gasteiger partial charge is 0.226 e. The van der Waals surface area contributed by atoms with Crippen molar-refractivity contribution < 1.29 is 4.79 Å². The van der Waals surface area contributed by atoms with Crippen LogP contribution < -0.4 is 16.0 Å². The summed E-state index contributed by atoms with van der Waals surface area (Å²) in [5, 5.41) is 16.1. The summed E-state index contributed by atoms with van der Waals surface area (Å²) < 4.78 is 2.95. The fourth-order valence-corrected chi connectivity index (χ4v) is 6.48. The summed E-state index contributed by atoms with van der Waals surface area (Å²) in [6, 6.07) is 6.73. The predicted octanol–water partition coefficient (Wildman–Crippen LogP) is 4.40. The van der Waals surface area contributed by atoms with Crippen molar-refractivity contribution in [2.45, 2.75) is 39.3 Å². The topological polar surface area (TPSA) is 83.9 Å². The quantitative estimate of drug-likeness (QED) is 0.365. The van der Waals surface area contributed by atoms with E-state index in [9.17, 15) is 4.79 Å². The van der Waals surface area contributed by atoms with E-state index in [2.05, 4.69) is 53.1 Å². The lowest BCUT2D eigenvalue weighted by Gasteiger charge is -2.13. The SMILES string of the molecule is CC(C)NCCC(=O)Nc1sc2c(c1-c1nc3ccc(-c4cnn(C)c4)cc3s1)CCNC2. The molecule has 172 valence electrons. The first-order valence-corrected chi connectivity index (χ1v) is 12.9. The van der Waals surface area contributed by atoms with Gasteiger partial charge in [-0.1, -0.05) is 19.9 Å². The molecule has 0 bridgehead atoms. The molecule has 3 aromatic heterocycles. The Morgan fingerprint density at radius 3 is 2.94 bits per heavy atom. The molecule has 1 aromatic carbocycles. The molecule has 7 nitrogen and oxygen atoms in total. The lowest BCUT2D eigenvalue weighted by molar-refractivity contribution is -0.116. The van der Waals surface area contributed by atoms with E-state index >= 15 is 0 Å². The molecule has 0 fully saturated rings. The zero-order valence-corrected chi connectivity index (χ0v) is 20.7. The fraction of sp³-hybridized carbons (Fsp3) is 0.375. The molecule has 0 unspecified atom stereocenters. The van der Waals surface area contributed by atoms with Crippen LogP contribution in [-0.4, -0.2) is 39.8 Å². The first-order valence-electron chi connectivity index (χ1n) is 11.3. The predicted molar refractivity (Wildman–Crippen MR) is 137 cm³/mol. The van der Waals surface area contributed by atoms with E-state index in [4.69, 9.17) is 4.98 Å². The summed E-state index contributed by atoms with van der Waals surface area (Å²) in [4.78, 5) is 19.0. The molecule has 1 aliphatic heterocycles. The van der Waals surface area contributed by atoms with Gasteiger partial charge in [-0.05, 0) is 36.2 Å². The number of fused-ring (bicyclic) bond motifs is 2. The van der Waals surface area contributed by atoms with Crippen LogP contribution in [-0.2, 0) is 24.8 Å². The summed E-state index contributed by atoms with van der Waals surface area (Å²) in [7, 11) is 1.93. The molecule has 0 atom stereocenters. The van der Waals surface area contributed by atoms with Crippen molar-refractivity contribution >= 4 is 43.8 Å². The molecule has 9 heteroatoms. The minimum absolute atomic E-state index is 0.0379. The van der Waals surface area contributed by atoms with Crippen molar-refractivity contribution in [2.75, 3.05) is 18.4 Å². The fourth-order valence-electron chi connectivity index (χ4n) is 4.09. The normalized spacial score (nSPS) is 13.6. The summed E-state index contributed by atoms with van der Waals surface area (Å²) in [6.45, 7) is 6.63. The summed E-state index contributed by atoms with van der Waals surface area (Å²) >= 11 is 3.37. The molecule has 5 rings (SSSR count). The molecular weight excluding hydrogens is 452 g/mol. The molecule has 0 saturated carbocycles. The Labute approximate surface area is 201 Å². The molecule has 4 heterocycles. The lowest BCUT2D eigenvalue weighted by Crippen LogP contribution is -2.27. The Bertz CT molecular complexity index is 1300. The second-order valence-electron chi connectivity index (χ2n) is 8.65. The second kappa shape index (κ2) is 9.34. The molecule has 0 aliphatic carbocycles. The zero-order chi connectivity index (χ0) is 22.9. The van der Waals surface area contributed by atoms with Gasteiger partial charge in [-0.25, -0.2) is 4.98 Å². The Kier molecular flexibility index (Phi) is 6.29. The summed E-state index contributed by atoms with van der Waals surface area (Å²) in [6.07, 6.45) is 5.30. The number of amides is 1. The first-order chi connectivity index (χ1) is 16.0. The minimum Gasteiger partial charge on any atom is -0.317 e. The molecule has 0 spiro atoms. The molecule has 1 amide bonds. The molecule has 33 heavy (non-hydrogen) atoms. The van der Waals surface area contributed by atoms with Gasteiger partial charge >= 0.3 is 0 Å². The number of hydrogen-bond acceptors (Lipinski definition) is 7. The van der Waals surface area contributed by atoms with Crippen LogP contribution in [0.25, 0.3) is 31.9 Å². The van der Waals surface area contributed by atoms with Gasteiger partial charge in [-0.3, -0.25) is 9.48 Å². The van der Waals surface area contributed by atoms with Crippen molar-refractivity contribution in [3.05, 3.63) is 41.0 Å². The highest BCUT2D eigenvalue weighted by Gasteiger charge is 2.25. The third-order valence-electron chi connectivity index (χ3n) is 5.73. The molecule has 0 saturated heterocycles. The zero-order valence-electron chi connectivity index (χ0n) is 19.1. The van der Waals surface area contributed by atoms with Crippen molar-refractivity contribution in [1.82, 2.24) is 25.4 Å². The van der Waals surface area contributed by atoms with Gasteiger partial charge in [0, 0.05) is 54.8 Å². The average Bonchev–Trinajstić information content (AvgIpc) is 3.48. The van der Waals surface area contributed by atoms with Gasteiger partial charge in [0.15, 0.2) is 0 Å². The van der Waals surface area contributed by atoms with E-state index in [1.807, 2.05) is 24.1 Å². The molecule has 0 radical (unpaired) electrons. The van der Waals surface area contributed by atoms with Gasteiger partial charge in [0.1, 0.15) is 10.0 Å². The maximum atomic E-state index is 12.7. The van der Waals surface area contributed by atoms with E-state index < -0.39 is 0 Å². The highest BCUT2D eigenvalue weighted by molar-refractivity contribution is 7.23. The number of benzene rings is 1. The highest BCUT2D eigenvalue weighted by atomic mass is 32.1. The number of hydrogen-bond donors (Lipinski definition) is 3. The van der Waals surface area contributed by atoms with E-state index in [1.54, 1.807) is 22.7 Å². The minimum atomic E-state index is 0.0379. The van der Waals surface area contributed by atoms with E-state index in [1.165, 1.54) is 10.4 Å². The van der Waals surface area contributed by atoms with Crippen LogP contribution in [0.2, 0.25) is 0 Å². The molecule has 1 aliphatic rings. The van der Waals surface area contributed by atoms with Crippen LogP contribution >= 0.6 is 22.7 Å². The van der Waals surface area contributed by atoms with E-state index in [0.717, 1.165) is 56.4 Å². The van der Waals surface area contributed by atoms with Crippen LogP contribution in [0.4, 0.5) is 5.00 Å². The summed E-state index contributed by atoms with van der Waals surface area (Å²) in [5.41, 5.74) is 5.63. The van der Waals surface area contributed by atoms with Crippen LogP contribution in [0.1, 0.15) is 30.7 Å². The highest BCUT2D eigenvalue weighted by Crippen LogP contribution is 2.45. The summed E-state index contributed by atoms with van der Waals surface area (Å²) in [5.74, 6) is 0.0379. The number of thiophene rings is 1. The average molecular weight is 481 g/mol. The number of anilines is 1. The van der Waals surface area contributed by atoms with Gasteiger partial charge < -0.3 is 16.0 Å². The van der Waals surface area contributed by atoms with Gasteiger partial charge in [0.2, 0.25) is 5.91 Å². The first kappa shape index (κ1) is 22.2. The number of carbonyl (C=O) groups excluding carboxylic acids is 1. The van der Waals surface area contributed by atoms with Crippen LogP contribution in [0, 0.1) is 0 Å². The van der Waals surface area contributed by atoms with E-state index in [-0.39, 0.29) is 5.91 Å². The molecular formula is C24H28N6OS2. The van der Waals surface area contributed by atoms with Crippen LogP contribution in [0.15, 0.2) is 30.6 Å². The monoisotopic (exact) mass is 480 g/mol. The van der Waals surface area contributed by atoms with Gasteiger partial charge in [-0.15, -0.1) is 22.7 Å². The number of nitrogens with zero attached hydrogens (tertiary/aromatic N) is 3. The van der Waals surface area contributed by atoms with Crippen LogP contribution in [0.5, 0.6) is 0 Å². The maximum absolute atomic E-state index is 12.7. The van der Waals surface area contributed by atoms with E-state index in [0.29, 0.717) is 19.0 Å². The molecule has 4 aromatic rings. The number of carbonyl (C=O) groups is 1. The van der Waals surface area contributed by atoms with Crippen molar-refractivity contribution in [3.63, 3.8) is 0 Å². The Hall–Kier alpha value is -2.59. The Balaban J connectivity index is 1.48. The Morgan fingerprint density at radius 1 is 1.27 bits per heavy atom. The van der Waals surface area contributed by atoms with Gasteiger partial charge in [-0.2, -0.15) is 5.10 Å². The van der Waals surface area contributed by atoms with Crippen LogP contribution in [0.3, 0.4) is 0 Å². The van der Waals surface area contributed by atoms with Crippen molar-refractivity contribution in [2.24, 2.45) is 7.05 Å². The lowest BCUT2D eigenvalue weighted by atomic mass is 10.0. The van der Waals surface area contributed by atoms with Gasteiger partial charge in [0.05, 0.1) is 16.4 Å². The maximum Gasteiger partial charge on any atom is 0.226 e. The largest absolute Gasteiger partial charge is 0.317 e. The molecule has 3 N–H and O–H groups in total. The van der Waals surface area contributed by atoms with Gasteiger partial charge in [0.25, 0.3) is 0 Å². The third kappa shape index (κ3) is 4.72. The third-order valence-corrected chi connectivity index (χ3v) is 7.91. The van der Waals surface area contributed by atoms with Crippen molar-refractivity contribution in [1.29, 1.82) is 0 Å². The Morgan fingerprint density at radius 2 is 2.15 bits per heavy atom. The standard InChI is InChI=1S/C24H28N6OS2/c1-14(2)26-9-7-21(31)29-24-22(17-6-8-25-12-20(17)33-24)23-28-18-5-4-15(10-19(18)32-23)16-11-27-30(3)13-16/h4-5,10-11,13-14,25-26H,6-9,12H2,1-3H3,(H,29,31). The number of nitrogens with one attached hydrogen (secondary N) is 3. The van der Waals surface area contributed by atoms with Crippen molar-refractivity contribution in [3.8, 4) is 21.7 Å². The number of aromatic nitrogens is 3. The number of rotatable bonds is 7.